The number of carbonyl (C=O) groups excluding carboxylic acids is 1. The van der Waals surface area contributed by atoms with Gasteiger partial charge in [-0.05, 0) is 42.7 Å². The van der Waals surface area contributed by atoms with E-state index in [4.69, 9.17) is 15.2 Å². The number of anilines is 1. The zero-order chi connectivity index (χ0) is 14.8. The van der Waals surface area contributed by atoms with Crippen LogP contribution in [0.25, 0.3) is 0 Å². The maximum atomic E-state index is 11.8. The standard InChI is InChI=1S/C14H22N2O3S/c1-18-8-9-19-12-5-3-11(4-6-12)16-14(17)13(15)7-10-20-2/h3-6,13H,7-10,15H2,1-2H3,(H,16,17)/t13-/m1/s1. The summed E-state index contributed by atoms with van der Waals surface area (Å²) in [4.78, 5) is 11.8. The van der Waals surface area contributed by atoms with Gasteiger partial charge in [-0.15, -0.1) is 0 Å². The number of ether oxygens (including phenoxy) is 2. The lowest BCUT2D eigenvalue weighted by atomic mass is 10.2. The zero-order valence-electron chi connectivity index (χ0n) is 11.9. The van der Waals surface area contributed by atoms with Crippen molar-refractivity contribution in [2.75, 3.05) is 37.6 Å². The van der Waals surface area contributed by atoms with E-state index in [2.05, 4.69) is 5.32 Å². The van der Waals surface area contributed by atoms with Crippen molar-refractivity contribution < 1.29 is 14.3 Å². The van der Waals surface area contributed by atoms with Gasteiger partial charge in [0, 0.05) is 12.8 Å². The minimum absolute atomic E-state index is 0.160. The van der Waals surface area contributed by atoms with Gasteiger partial charge >= 0.3 is 0 Å². The van der Waals surface area contributed by atoms with Gasteiger partial charge in [0.25, 0.3) is 0 Å². The van der Waals surface area contributed by atoms with E-state index >= 15 is 0 Å². The molecule has 0 heterocycles. The summed E-state index contributed by atoms with van der Waals surface area (Å²) in [5.74, 6) is 1.46. The van der Waals surface area contributed by atoms with Gasteiger partial charge in [-0.3, -0.25) is 4.79 Å². The van der Waals surface area contributed by atoms with Crippen molar-refractivity contribution in [2.45, 2.75) is 12.5 Å². The topological polar surface area (TPSA) is 73.6 Å². The molecular weight excluding hydrogens is 276 g/mol. The maximum absolute atomic E-state index is 11.8. The van der Waals surface area contributed by atoms with E-state index in [1.165, 1.54) is 0 Å². The van der Waals surface area contributed by atoms with Gasteiger partial charge in [0.2, 0.25) is 5.91 Å². The third kappa shape index (κ3) is 6.27. The molecule has 0 unspecified atom stereocenters. The number of nitrogens with two attached hydrogens (primary N) is 1. The lowest BCUT2D eigenvalue weighted by Crippen LogP contribution is -2.36. The van der Waals surface area contributed by atoms with Gasteiger partial charge in [-0.25, -0.2) is 0 Å². The average molecular weight is 298 g/mol. The minimum atomic E-state index is -0.472. The number of carbonyl (C=O) groups is 1. The maximum Gasteiger partial charge on any atom is 0.241 e. The molecular formula is C14H22N2O3S. The Morgan fingerprint density at radius 3 is 2.65 bits per heavy atom. The molecule has 0 bridgehead atoms. The fourth-order valence-corrected chi connectivity index (χ4v) is 1.98. The van der Waals surface area contributed by atoms with Crippen molar-refractivity contribution in [3.63, 3.8) is 0 Å². The second-order valence-corrected chi connectivity index (χ2v) is 5.23. The first kappa shape index (κ1) is 16.8. The Morgan fingerprint density at radius 2 is 2.05 bits per heavy atom. The third-order valence-corrected chi connectivity index (χ3v) is 3.29. The largest absolute Gasteiger partial charge is 0.491 e. The Morgan fingerprint density at radius 1 is 1.35 bits per heavy atom. The molecule has 1 aromatic rings. The van der Waals surface area contributed by atoms with Gasteiger partial charge in [-0.2, -0.15) is 11.8 Å². The molecule has 0 radical (unpaired) electrons. The molecule has 0 aliphatic heterocycles. The highest BCUT2D eigenvalue weighted by Crippen LogP contribution is 2.16. The smallest absolute Gasteiger partial charge is 0.241 e. The van der Waals surface area contributed by atoms with Crippen LogP contribution in [0.1, 0.15) is 6.42 Å². The lowest BCUT2D eigenvalue weighted by molar-refractivity contribution is -0.117. The number of thioether (sulfide) groups is 1. The number of hydrogen-bond donors (Lipinski definition) is 2. The van der Waals surface area contributed by atoms with Gasteiger partial charge in [0.05, 0.1) is 12.6 Å². The van der Waals surface area contributed by atoms with E-state index in [1.807, 2.05) is 6.26 Å². The Balaban J connectivity index is 2.42. The van der Waals surface area contributed by atoms with Crippen LogP contribution in [0.5, 0.6) is 5.75 Å². The summed E-state index contributed by atoms with van der Waals surface area (Å²) in [5, 5.41) is 2.79. The van der Waals surface area contributed by atoms with Crippen LogP contribution in [-0.4, -0.2) is 44.3 Å². The molecule has 1 rings (SSSR count). The molecule has 0 saturated carbocycles. The lowest BCUT2D eigenvalue weighted by Gasteiger charge is -2.12. The van der Waals surface area contributed by atoms with Crippen LogP contribution in [-0.2, 0) is 9.53 Å². The summed E-state index contributed by atoms with van der Waals surface area (Å²) in [5.41, 5.74) is 6.51. The Bertz CT molecular complexity index is 398. The summed E-state index contributed by atoms with van der Waals surface area (Å²) in [7, 11) is 1.63. The van der Waals surface area contributed by atoms with Gasteiger partial charge < -0.3 is 20.5 Å². The second-order valence-electron chi connectivity index (χ2n) is 4.24. The van der Waals surface area contributed by atoms with Crippen LogP contribution in [0.3, 0.4) is 0 Å². The summed E-state index contributed by atoms with van der Waals surface area (Å²) < 4.78 is 10.3. The van der Waals surface area contributed by atoms with E-state index in [0.717, 1.165) is 11.5 Å². The van der Waals surface area contributed by atoms with Crippen molar-refractivity contribution in [1.29, 1.82) is 0 Å². The molecule has 0 aliphatic carbocycles. The number of amides is 1. The summed E-state index contributed by atoms with van der Waals surface area (Å²) in [6.07, 6.45) is 2.66. The Hall–Kier alpha value is -1.24. The minimum Gasteiger partial charge on any atom is -0.491 e. The first-order valence-electron chi connectivity index (χ1n) is 6.44. The highest BCUT2D eigenvalue weighted by molar-refractivity contribution is 7.98. The van der Waals surface area contributed by atoms with Crippen LogP contribution in [0, 0.1) is 0 Å². The molecule has 0 aromatic heterocycles. The Kier molecular flexibility index (Phi) is 8.10. The fourth-order valence-electron chi connectivity index (χ4n) is 1.49. The van der Waals surface area contributed by atoms with Crippen LogP contribution in [0.15, 0.2) is 24.3 Å². The number of nitrogens with one attached hydrogen (secondary N) is 1. The number of rotatable bonds is 9. The predicted octanol–water partition coefficient (Wildman–Crippen LogP) is 1.73. The molecule has 112 valence electrons. The highest BCUT2D eigenvalue weighted by atomic mass is 32.2. The van der Waals surface area contributed by atoms with E-state index in [0.29, 0.717) is 25.3 Å². The summed E-state index contributed by atoms with van der Waals surface area (Å²) in [6.45, 7) is 1.05. The molecule has 0 fully saturated rings. The van der Waals surface area contributed by atoms with Gasteiger partial charge in [-0.1, -0.05) is 0 Å². The molecule has 20 heavy (non-hydrogen) atoms. The van der Waals surface area contributed by atoms with Crippen molar-refractivity contribution in [1.82, 2.24) is 0 Å². The number of benzene rings is 1. The van der Waals surface area contributed by atoms with Crippen molar-refractivity contribution in [2.24, 2.45) is 5.73 Å². The summed E-state index contributed by atoms with van der Waals surface area (Å²) in [6, 6.07) is 6.72. The molecule has 3 N–H and O–H groups in total. The highest BCUT2D eigenvalue weighted by Gasteiger charge is 2.12. The van der Waals surface area contributed by atoms with E-state index < -0.39 is 6.04 Å². The molecule has 5 nitrogen and oxygen atoms in total. The van der Waals surface area contributed by atoms with Gasteiger partial charge in [0.1, 0.15) is 12.4 Å². The average Bonchev–Trinajstić information content (AvgIpc) is 2.46. The second kappa shape index (κ2) is 9.63. The quantitative estimate of drug-likeness (QED) is 0.679. The van der Waals surface area contributed by atoms with Crippen LogP contribution < -0.4 is 15.8 Å². The molecule has 1 amide bonds. The van der Waals surface area contributed by atoms with E-state index in [-0.39, 0.29) is 5.91 Å². The monoisotopic (exact) mass is 298 g/mol. The van der Waals surface area contributed by atoms with E-state index in [1.54, 1.807) is 43.1 Å². The first-order valence-corrected chi connectivity index (χ1v) is 7.84. The van der Waals surface area contributed by atoms with Gasteiger partial charge in [0.15, 0.2) is 0 Å². The Labute approximate surface area is 124 Å². The molecule has 0 spiro atoms. The predicted molar refractivity (Wildman–Crippen MR) is 83.4 cm³/mol. The summed E-state index contributed by atoms with van der Waals surface area (Å²) >= 11 is 1.68. The molecule has 0 aliphatic rings. The normalized spacial score (nSPS) is 11.9. The third-order valence-electron chi connectivity index (χ3n) is 2.65. The number of hydrogen-bond acceptors (Lipinski definition) is 5. The molecule has 6 heteroatoms. The van der Waals surface area contributed by atoms with Crippen molar-refractivity contribution >= 4 is 23.4 Å². The van der Waals surface area contributed by atoms with Crippen molar-refractivity contribution in [3.05, 3.63) is 24.3 Å². The fraction of sp³-hybridized carbons (Fsp3) is 0.500. The first-order chi connectivity index (χ1) is 9.67. The van der Waals surface area contributed by atoms with Crippen LogP contribution in [0.4, 0.5) is 5.69 Å². The van der Waals surface area contributed by atoms with Crippen LogP contribution in [0.2, 0.25) is 0 Å². The molecule has 0 saturated heterocycles. The van der Waals surface area contributed by atoms with E-state index in [9.17, 15) is 4.79 Å². The zero-order valence-corrected chi connectivity index (χ0v) is 12.7. The van der Waals surface area contributed by atoms with Crippen LogP contribution >= 0.6 is 11.8 Å². The molecule has 1 atom stereocenters. The SMILES string of the molecule is COCCOc1ccc(NC(=O)[C@H](N)CCSC)cc1. The van der Waals surface area contributed by atoms with Crippen molar-refractivity contribution in [3.8, 4) is 5.75 Å². The number of methoxy groups -OCH3 is 1. The molecule has 1 aromatic carbocycles.